The van der Waals surface area contributed by atoms with E-state index in [4.69, 9.17) is 14.7 Å². The lowest BCUT2D eigenvalue weighted by molar-refractivity contribution is -0.161. The summed E-state index contributed by atoms with van der Waals surface area (Å²) in [6.07, 6.45) is 1.00. The molecule has 10 heteroatoms. The molecule has 2 aromatic carbocycles. The first-order valence-corrected chi connectivity index (χ1v) is 11.0. The summed E-state index contributed by atoms with van der Waals surface area (Å²) in [5.41, 5.74) is 5.74. The van der Waals surface area contributed by atoms with E-state index in [2.05, 4.69) is 28.0 Å². The Bertz CT molecular complexity index is 1220. The minimum Gasteiger partial charge on any atom is -0.479 e. The number of nitrogens with one attached hydrogen (secondary N) is 2. The number of fused-ring (bicyclic) bond motifs is 3. The van der Waals surface area contributed by atoms with Gasteiger partial charge >= 0.3 is 12.1 Å². The summed E-state index contributed by atoms with van der Waals surface area (Å²) in [6, 6.07) is 16.1. The highest BCUT2D eigenvalue weighted by atomic mass is 16.7. The Hall–Kier alpha value is -4.18. The summed E-state index contributed by atoms with van der Waals surface area (Å²) in [6.45, 7) is 4.60. The Kier molecular flexibility index (Phi) is 6.57. The zero-order valence-corrected chi connectivity index (χ0v) is 19.5. The van der Waals surface area contributed by atoms with Crippen molar-refractivity contribution in [3.63, 3.8) is 0 Å². The number of carboxylic acids is 1. The summed E-state index contributed by atoms with van der Waals surface area (Å²) in [4.78, 5) is 40.7. The van der Waals surface area contributed by atoms with E-state index in [-0.39, 0.29) is 12.5 Å². The molecule has 2 amide bonds. The topological polar surface area (TPSA) is 132 Å². The third-order valence-electron chi connectivity index (χ3n) is 5.98. The zero-order valence-electron chi connectivity index (χ0n) is 19.5. The summed E-state index contributed by atoms with van der Waals surface area (Å²) >= 11 is 0. The number of nitrogens with zero attached hydrogens (tertiary/aromatic N) is 2. The smallest absolute Gasteiger partial charge is 0.411 e. The van der Waals surface area contributed by atoms with Gasteiger partial charge in [0.15, 0.2) is 6.10 Å². The second kappa shape index (κ2) is 9.59. The molecule has 0 spiro atoms. The highest BCUT2D eigenvalue weighted by molar-refractivity contribution is 5.86. The molecule has 0 bridgehead atoms. The molecule has 1 aliphatic carbocycles. The summed E-state index contributed by atoms with van der Waals surface area (Å²) in [5.74, 6) is -1.88. The van der Waals surface area contributed by atoms with Gasteiger partial charge in [0, 0.05) is 12.1 Å². The molecular formula is C25H26N4O6. The van der Waals surface area contributed by atoms with Crippen LogP contribution in [0.2, 0.25) is 0 Å². The maximum Gasteiger partial charge on any atom is 0.411 e. The molecule has 182 valence electrons. The minimum absolute atomic E-state index is 0.0632. The standard InChI is InChI=1S/C25H26N4O6/c1-15(22(30)31)35-28-23(32)25(2,3)29-13-16(12-26-29)27-24(33)34-14-21-19-10-6-4-8-17(19)18-9-5-7-11-20(18)21/h4-13,15,21H,14H2,1-3H3,(H,27,33)(H,28,32)(H,30,31). The number of carboxylic acid groups (broad SMARTS) is 1. The molecule has 3 aromatic rings. The van der Waals surface area contributed by atoms with Gasteiger partial charge in [-0.3, -0.25) is 19.6 Å². The summed E-state index contributed by atoms with van der Waals surface area (Å²) in [7, 11) is 0. The van der Waals surface area contributed by atoms with Gasteiger partial charge in [0.25, 0.3) is 5.91 Å². The van der Waals surface area contributed by atoms with Crippen molar-refractivity contribution in [1.29, 1.82) is 0 Å². The van der Waals surface area contributed by atoms with E-state index in [9.17, 15) is 14.4 Å². The minimum atomic E-state index is -1.22. The molecule has 0 saturated carbocycles. The number of carbonyl (C=O) groups excluding carboxylic acids is 2. The quantitative estimate of drug-likeness (QED) is 0.422. The monoisotopic (exact) mass is 478 g/mol. The molecule has 35 heavy (non-hydrogen) atoms. The largest absolute Gasteiger partial charge is 0.479 e. The number of aromatic nitrogens is 2. The van der Waals surface area contributed by atoms with Crippen LogP contribution in [0.15, 0.2) is 60.9 Å². The van der Waals surface area contributed by atoms with Gasteiger partial charge in [-0.1, -0.05) is 48.5 Å². The van der Waals surface area contributed by atoms with Crippen molar-refractivity contribution < 1.29 is 29.1 Å². The van der Waals surface area contributed by atoms with Gasteiger partial charge in [0.1, 0.15) is 12.1 Å². The lowest BCUT2D eigenvalue weighted by Crippen LogP contribution is -2.46. The third-order valence-corrected chi connectivity index (χ3v) is 5.98. The van der Waals surface area contributed by atoms with Crippen LogP contribution in [0.25, 0.3) is 11.1 Å². The SMILES string of the molecule is CC(ONC(=O)C(C)(C)n1cc(NC(=O)OCC2c3ccccc3-c3ccccc32)cn1)C(=O)O. The highest BCUT2D eigenvalue weighted by Gasteiger charge is 2.32. The molecule has 0 radical (unpaired) electrons. The number of anilines is 1. The van der Waals surface area contributed by atoms with Gasteiger partial charge in [-0.05, 0) is 43.0 Å². The Morgan fingerprint density at radius 2 is 1.69 bits per heavy atom. The van der Waals surface area contributed by atoms with Crippen molar-refractivity contribution in [2.45, 2.75) is 38.3 Å². The molecule has 4 rings (SSSR count). The highest BCUT2D eigenvalue weighted by Crippen LogP contribution is 2.44. The van der Waals surface area contributed by atoms with Crippen molar-refractivity contribution in [2.24, 2.45) is 0 Å². The van der Waals surface area contributed by atoms with Crippen molar-refractivity contribution >= 4 is 23.7 Å². The predicted octanol–water partition coefficient (Wildman–Crippen LogP) is 3.50. The Morgan fingerprint density at radius 3 is 2.29 bits per heavy atom. The van der Waals surface area contributed by atoms with E-state index in [0.29, 0.717) is 5.69 Å². The fourth-order valence-electron chi connectivity index (χ4n) is 3.87. The Labute approximate surface area is 201 Å². The normalized spacial score (nSPS) is 13.5. The number of hydrogen-bond donors (Lipinski definition) is 3. The van der Waals surface area contributed by atoms with E-state index in [1.165, 1.54) is 24.0 Å². The van der Waals surface area contributed by atoms with E-state index in [0.717, 1.165) is 22.3 Å². The number of carbonyl (C=O) groups is 3. The molecule has 10 nitrogen and oxygen atoms in total. The molecular weight excluding hydrogens is 452 g/mol. The van der Waals surface area contributed by atoms with Crippen molar-refractivity contribution in [3.8, 4) is 11.1 Å². The van der Waals surface area contributed by atoms with Crippen LogP contribution in [0.5, 0.6) is 0 Å². The first-order chi connectivity index (χ1) is 16.7. The van der Waals surface area contributed by atoms with Crippen molar-refractivity contribution in [1.82, 2.24) is 15.3 Å². The Morgan fingerprint density at radius 1 is 1.09 bits per heavy atom. The summed E-state index contributed by atoms with van der Waals surface area (Å²) < 4.78 is 6.86. The molecule has 3 N–H and O–H groups in total. The van der Waals surface area contributed by atoms with Crippen molar-refractivity contribution in [2.75, 3.05) is 11.9 Å². The van der Waals surface area contributed by atoms with Crippen LogP contribution in [-0.4, -0.2) is 45.6 Å². The van der Waals surface area contributed by atoms with Crippen LogP contribution < -0.4 is 10.8 Å². The van der Waals surface area contributed by atoms with E-state index < -0.39 is 29.6 Å². The zero-order chi connectivity index (χ0) is 25.2. The van der Waals surface area contributed by atoms with Crippen molar-refractivity contribution in [3.05, 3.63) is 72.1 Å². The van der Waals surface area contributed by atoms with Gasteiger partial charge in [0.05, 0.1) is 11.9 Å². The number of rotatable bonds is 8. The van der Waals surface area contributed by atoms with Gasteiger partial charge in [-0.25, -0.2) is 15.1 Å². The molecule has 0 fully saturated rings. The average Bonchev–Trinajstić information content (AvgIpc) is 3.44. The van der Waals surface area contributed by atoms with Crippen LogP contribution in [0, 0.1) is 0 Å². The van der Waals surface area contributed by atoms with Gasteiger partial charge < -0.3 is 9.84 Å². The Balaban J connectivity index is 1.37. The third kappa shape index (κ3) is 4.87. The second-order valence-corrected chi connectivity index (χ2v) is 8.71. The first-order valence-electron chi connectivity index (χ1n) is 11.0. The number of benzene rings is 2. The molecule has 1 unspecified atom stereocenters. The van der Waals surface area contributed by atoms with Crippen LogP contribution in [0.4, 0.5) is 10.5 Å². The second-order valence-electron chi connectivity index (χ2n) is 8.71. The molecule has 1 atom stereocenters. The van der Waals surface area contributed by atoms with Crippen LogP contribution >= 0.6 is 0 Å². The average molecular weight is 479 g/mol. The predicted molar refractivity (Wildman–Crippen MR) is 127 cm³/mol. The van der Waals surface area contributed by atoms with Gasteiger partial charge in [0.2, 0.25) is 0 Å². The molecule has 1 aliphatic rings. The number of aliphatic carboxylic acids is 1. The number of hydroxylamine groups is 1. The van der Waals surface area contributed by atoms with Crippen LogP contribution in [0.3, 0.4) is 0 Å². The lowest BCUT2D eigenvalue weighted by atomic mass is 9.98. The van der Waals surface area contributed by atoms with Gasteiger partial charge in [-0.2, -0.15) is 5.10 Å². The molecule has 0 saturated heterocycles. The first kappa shape index (κ1) is 24.0. The maximum absolute atomic E-state index is 12.5. The lowest BCUT2D eigenvalue weighted by Gasteiger charge is -2.24. The number of ether oxygens (including phenoxy) is 1. The van der Waals surface area contributed by atoms with Gasteiger partial charge in [-0.15, -0.1) is 0 Å². The van der Waals surface area contributed by atoms with E-state index in [1.54, 1.807) is 13.8 Å². The van der Waals surface area contributed by atoms with E-state index >= 15 is 0 Å². The maximum atomic E-state index is 12.5. The molecule has 1 heterocycles. The van der Waals surface area contributed by atoms with Crippen LogP contribution in [-0.2, 0) is 24.7 Å². The number of hydrogen-bond acceptors (Lipinski definition) is 6. The number of amides is 2. The fraction of sp³-hybridized carbons (Fsp3) is 0.280. The molecule has 1 aromatic heterocycles. The van der Waals surface area contributed by atoms with Crippen LogP contribution in [0.1, 0.15) is 37.8 Å². The fourth-order valence-corrected chi connectivity index (χ4v) is 3.87. The molecule has 0 aliphatic heterocycles. The summed E-state index contributed by atoms with van der Waals surface area (Å²) in [5, 5.41) is 15.6. The van der Waals surface area contributed by atoms with E-state index in [1.807, 2.05) is 36.4 Å².